The molecule has 17 heavy (non-hydrogen) atoms. The fourth-order valence-electron chi connectivity index (χ4n) is 2.19. The highest BCUT2D eigenvalue weighted by atomic mass is 79.9. The largest absolute Gasteiger partial charge is 0.314 e. The molecule has 1 N–H and O–H groups in total. The molecule has 94 valence electrons. The summed E-state index contributed by atoms with van der Waals surface area (Å²) in [5.74, 6) is 1.07. The first-order valence-corrected chi connectivity index (χ1v) is 7.51. The summed E-state index contributed by atoms with van der Waals surface area (Å²) in [6.45, 7) is 3.45. The van der Waals surface area contributed by atoms with Gasteiger partial charge in [0.15, 0.2) is 0 Å². The molecule has 1 saturated carbocycles. The van der Waals surface area contributed by atoms with Crippen LogP contribution in [0.1, 0.15) is 38.2 Å². The maximum absolute atomic E-state index is 3.62. The lowest BCUT2D eigenvalue weighted by Crippen LogP contribution is -2.29. The van der Waals surface area contributed by atoms with Crippen LogP contribution in [0.5, 0.6) is 0 Å². The molecular weight excluding hydrogens is 274 g/mol. The Bertz CT molecular complexity index is 329. The first-order chi connectivity index (χ1) is 8.24. The van der Waals surface area contributed by atoms with Crippen LogP contribution in [0, 0.1) is 5.92 Å². The van der Waals surface area contributed by atoms with Gasteiger partial charge in [-0.25, -0.2) is 0 Å². The topological polar surface area (TPSA) is 12.0 Å². The number of benzene rings is 1. The van der Waals surface area contributed by atoms with Gasteiger partial charge in [-0.15, -0.1) is 0 Å². The molecule has 1 fully saturated rings. The molecule has 1 aromatic rings. The van der Waals surface area contributed by atoms with Crippen LogP contribution in [0.4, 0.5) is 0 Å². The number of hydrogen-bond acceptors (Lipinski definition) is 1. The Morgan fingerprint density at radius 3 is 2.65 bits per heavy atom. The van der Waals surface area contributed by atoms with E-state index in [-0.39, 0.29) is 0 Å². The zero-order chi connectivity index (χ0) is 12.1. The molecule has 0 spiro atoms. The molecular formula is C15H22BrN. The average Bonchev–Trinajstić information content (AvgIpc) is 3.12. The molecule has 1 unspecified atom stereocenters. The predicted molar refractivity (Wildman–Crippen MR) is 77.3 cm³/mol. The molecule has 0 saturated heterocycles. The monoisotopic (exact) mass is 295 g/mol. The van der Waals surface area contributed by atoms with Gasteiger partial charge in [0, 0.05) is 10.5 Å². The van der Waals surface area contributed by atoms with Gasteiger partial charge in [0.25, 0.3) is 0 Å². The van der Waals surface area contributed by atoms with Crippen molar-refractivity contribution in [2.75, 3.05) is 6.54 Å². The molecule has 1 aromatic carbocycles. The van der Waals surface area contributed by atoms with Gasteiger partial charge in [-0.2, -0.15) is 0 Å². The lowest BCUT2D eigenvalue weighted by Gasteiger charge is -2.13. The molecule has 1 atom stereocenters. The summed E-state index contributed by atoms with van der Waals surface area (Å²) >= 11 is 3.47. The van der Waals surface area contributed by atoms with Crippen LogP contribution >= 0.6 is 15.9 Å². The minimum absolute atomic E-state index is 0.579. The van der Waals surface area contributed by atoms with Crippen molar-refractivity contribution in [3.63, 3.8) is 0 Å². The zero-order valence-electron chi connectivity index (χ0n) is 10.6. The SMILES string of the molecule is CC(Cc1ccc(Br)cc1)NCCCC1CC1. The van der Waals surface area contributed by atoms with Crippen LogP contribution in [0.2, 0.25) is 0 Å². The highest BCUT2D eigenvalue weighted by molar-refractivity contribution is 9.10. The van der Waals surface area contributed by atoms with Gasteiger partial charge in [0.05, 0.1) is 0 Å². The predicted octanol–water partition coefficient (Wildman–Crippen LogP) is 4.16. The van der Waals surface area contributed by atoms with Gasteiger partial charge in [-0.3, -0.25) is 0 Å². The molecule has 0 radical (unpaired) electrons. The first-order valence-electron chi connectivity index (χ1n) is 6.72. The minimum atomic E-state index is 0.579. The number of nitrogens with one attached hydrogen (secondary N) is 1. The van der Waals surface area contributed by atoms with Crippen LogP contribution in [0.3, 0.4) is 0 Å². The van der Waals surface area contributed by atoms with Crippen LogP contribution in [0.25, 0.3) is 0 Å². The third-order valence-corrected chi connectivity index (χ3v) is 3.96. The molecule has 1 nitrogen and oxygen atoms in total. The molecule has 2 heteroatoms. The zero-order valence-corrected chi connectivity index (χ0v) is 12.2. The fourth-order valence-corrected chi connectivity index (χ4v) is 2.46. The highest BCUT2D eigenvalue weighted by Gasteiger charge is 2.19. The Morgan fingerprint density at radius 2 is 2.00 bits per heavy atom. The highest BCUT2D eigenvalue weighted by Crippen LogP contribution is 2.33. The second kappa shape index (κ2) is 6.55. The molecule has 0 heterocycles. The molecule has 0 amide bonds. The van der Waals surface area contributed by atoms with E-state index < -0.39 is 0 Å². The van der Waals surface area contributed by atoms with Gasteiger partial charge in [0.2, 0.25) is 0 Å². The van der Waals surface area contributed by atoms with E-state index >= 15 is 0 Å². The average molecular weight is 296 g/mol. The summed E-state index contributed by atoms with van der Waals surface area (Å²) in [5.41, 5.74) is 1.41. The molecule has 2 rings (SSSR count). The van der Waals surface area contributed by atoms with E-state index in [9.17, 15) is 0 Å². The first kappa shape index (κ1) is 13.1. The molecule has 0 bridgehead atoms. The lowest BCUT2D eigenvalue weighted by atomic mass is 10.1. The Hall–Kier alpha value is -0.340. The second-order valence-electron chi connectivity index (χ2n) is 5.27. The smallest absolute Gasteiger partial charge is 0.0175 e. The standard InChI is InChI=1S/C15H22BrN/c1-12(17-10-2-3-13-4-5-13)11-14-6-8-15(16)9-7-14/h6-9,12-13,17H,2-5,10-11H2,1H3. The van der Waals surface area contributed by atoms with Gasteiger partial charge < -0.3 is 5.32 Å². The van der Waals surface area contributed by atoms with E-state index in [0.717, 1.165) is 16.8 Å². The van der Waals surface area contributed by atoms with Gasteiger partial charge in [0.1, 0.15) is 0 Å². The number of halogens is 1. The maximum Gasteiger partial charge on any atom is 0.0175 e. The van der Waals surface area contributed by atoms with Crippen LogP contribution in [0.15, 0.2) is 28.7 Å². The summed E-state index contributed by atoms with van der Waals surface area (Å²) in [4.78, 5) is 0. The van der Waals surface area contributed by atoms with Gasteiger partial charge in [-0.05, 0) is 56.3 Å². The Morgan fingerprint density at radius 1 is 1.29 bits per heavy atom. The van der Waals surface area contributed by atoms with Crippen LogP contribution in [-0.2, 0) is 6.42 Å². The molecule has 1 aliphatic carbocycles. The van der Waals surface area contributed by atoms with Crippen molar-refractivity contribution in [2.45, 2.75) is 45.1 Å². The van der Waals surface area contributed by atoms with Crippen LogP contribution in [-0.4, -0.2) is 12.6 Å². The van der Waals surface area contributed by atoms with E-state index in [2.05, 4.69) is 52.4 Å². The van der Waals surface area contributed by atoms with E-state index in [4.69, 9.17) is 0 Å². The van der Waals surface area contributed by atoms with Crippen molar-refractivity contribution in [2.24, 2.45) is 5.92 Å². The second-order valence-corrected chi connectivity index (χ2v) is 6.19. The van der Waals surface area contributed by atoms with Crippen molar-refractivity contribution in [3.8, 4) is 0 Å². The van der Waals surface area contributed by atoms with E-state index in [1.807, 2.05) is 0 Å². The van der Waals surface area contributed by atoms with E-state index in [1.54, 1.807) is 0 Å². The maximum atomic E-state index is 3.62. The minimum Gasteiger partial charge on any atom is -0.314 e. The third kappa shape index (κ3) is 5.22. The van der Waals surface area contributed by atoms with Gasteiger partial charge in [-0.1, -0.05) is 40.9 Å². The van der Waals surface area contributed by atoms with Crippen molar-refractivity contribution in [3.05, 3.63) is 34.3 Å². The van der Waals surface area contributed by atoms with E-state index in [0.29, 0.717) is 6.04 Å². The Labute approximate surface area is 113 Å². The molecule has 0 aromatic heterocycles. The summed E-state index contributed by atoms with van der Waals surface area (Å²) in [6.07, 6.45) is 6.85. The molecule has 0 aliphatic heterocycles. The van der Waals surface area contributed by atoms with Crippen molar-refractivity contribution >= 4 is 15.9 Å². The number of hydrogen-bond donors (Lipinski definition) is 1. The third-order valence-electron chi connectivity index (χ3n) is 3.43. The quantitative estimate of drug-likeness (QED) is 0.745. The van der Waals surface area contributed by atoms with Crippen LogP contribution < -0.4 is 5.32 Å². The lowest BCUT2D eigenvalue weighted by molar-refractivity contribution is 0.515. The van der Waals surface area contributed by atoms with E-state index in [1.165, 1.54) is 37.8 Å². The summed E-state index contributed by atoms with van der Waals surface area (Å²) in [6, 6.07) is 9.22. The summed E-state index contributed by atoms with van der Waals surface area (Å²) in [5, 5.41) is 3.62. The molecule has 1 aliphatic rings. The number of rotatable bonds is 7. The van der Waals surface area contributed by atoms with Crippen molar-refractivity contribution in [1.29, 1.82) is 0 Å². The summed E-state index contributed by atoms with van der Waals surface area (Å²) < 4.78 is 1.16. The summed E-state index contributed by atoms with van der Waals surface area (Å²) in [7, 11) is 0. The normalized spacial score (nSPS) is 17.1. The van der Waals surface area contributed by atoms with Crippen molar-refractivity contribution < 1.29 is 0 Å². The Kier molecular flexibility index (Phi) is 5.05. The van der Waals surface area contributed by atoms with Gasteiger partial charge >= 0.3 is 0 Å². The van der Waals surface area contributed by atoms with Crippen molar-refractivity contribution in [1.82, 2.24) is 5.32 Å². The Balaban J connectivity index is 1.61. The fraction of sp³-hybridized carbons (Fsp3) is 0.600.